The van der Waals surface area contributed by atoms with Gasteiger partial charge in [0.2, 0.25) is 5.91 Å². The van der Waals surface area contributed by atoms with Gasteiger partial charge in [-0.3, -0.25) is 4.79 Å². The Balaban J connectivity index is 1.93. The van der Waals surface area contributed by atoms with Crippen molar-refractivity contribution < 1.29 is 9.53 Å². The zero-order chi connectivity index (χ0) is 14.4. The zero-order valence-corrected chi connectivity index (χ0v) is 11.9. The van der Waals surface area contributed by atoms with Crippen LogP contribution in [0, 0.1) is 0 Å². The van der Waals surface area contributed by atoms with Crippen LogP contribution in [0.2, 0.25) is 0 Å². The Morgan fingerprint density at radius 3 is 2.40 bits per heavy atom. The van der Waals surface area contributed by atoms with Gasteiger partial charge in [0, 0.05) is 5.69 Å². The maximum Gasteiger partial charge on any atom is 0.242 e. The fraction of sp³-hybridized carbons (Fsp3) is 0.188. The van der Waals surface area contributed by atoms with Crippen LogP contribution in [-0.4, -0.2) is 18.4 Å². The molecule has 0 radical (unpaired) electrons. The van der Waals surface area contributed by atoms with Crippen LogP contribution in [0.15, 0.2) is 54.6 Å². The van der Waals surface area contributed by atoms with Gasteiger partial charge in [-0.15, -0.1) is 11.6 Å². The predicted molar refractivity (Wildman–Crippen MR) is 81.4 cm³/mol. The molecule has 2 rings (SSSR count). The van der Waals surface area contributed by atoms with Gasteiger partial charge in [-0.25, -0.2) is 0 Å². The smallest absolute Gasteiger partial charge is 0.242 e. The summed E-state index contributed by atoms with van der Waals surface area (Å²) in [6.07, 6.45) is 0.504. The van der Waals surface area contributed by atoms with Crippen molar-refractivity contribution in [1.29, 1.82) is 0 Å². The highest BCUT2D eigenvalue weighted by atomic mass is 35.5. The van der Waals surface area contributed by atoms with E-state index in [0.717, 1.165) is 11.3 Å². The van der Waals surface area contributed by atoms with E-state index >= 15 is 0 Å². The Kier molecular flexibility index (Phi) is 5.02. The lowest BCUT2D eigenvalue weighted by molar-refractivity contribution is -0.115. The van der Waals surface area contributed by atoms with Crippen LogP contribution in [0.1, 0.15) is 5.56 Å². The Morgan fingerprint density at radius 1 is 1.15 bits per heavy atom. The van der Waals surface area contributed by atoms with E-state index in [1.165, 1.54) is 0 Å². The summed E-state index contributed by atoms with van der Waals surface area (Å²) < 4.78 is 5.06. The van der Waals surface area contributed by atoms with Gasteiger partial charge in [0.05, 0.1) is 7.11 Å². The minimum Gasteiger partial charge on any atom is -0.497 e. The predicted octanol–water partition coefficient (Wildman–Crippen LogP) is 3.48. The first-order chi connectivity index (χ1) is 9.69. The van der Waals surface area contributed by atoms with Gasteiger partial charge in [0.1, 0.15) is 11.1 Å². The normalized spacial score (nSPS) is 11.7. The number of halogens is 1. The molecule has 20 heavy (non-hydrogen) atoms. The number of amides is 1. The van der Waals surface area contributed by atoms with Gasteiger partial charge in [-0.05, 0) is 36.2 Å². The number of benzene rings is 2. The highest BCUT2D eigenvalue weighted by Gasteiger charge is 2.15. The van der Waals surface area contributed by atoms with E-state index in [0.29, 0.717) is 12.1 Å². The molecule has 0 saturated heterocycles. The fourth-order valence-electron chi connectivity index (χ4n) is 1.81. The van der Waals surface area contributed by atoms with E-state index in [2.05, 4.69) is 5.32 Å². The van der Waals surface area contributed by atoms with Crippen molar-refractivity contribution in [2.75, 3.05) is 12.4 Å². The lowest BCUT2D eigenvalue weighted by Crippen LogP contribution is -2.25. The summed E-state index contributed by atoms with van der Waals surface area (Å²) >= 11 is 6.14. The van der Waals surface area contributed by atoms with Crippen molar-refractivity contribution in [1.82, 2.24) is 0 Å². The number of ether oxygens (including phenoxy) is 1. The molecule has 0 fully saturated rings. The molecule has 0 heterocycles. The number of hydrogen-bond acceptors (Lipinski definition) is 2. The molecule has 0 saturated carbocycles. The topological polar surface area (TPSA) is 38.3 Å². The average Bonchev–Trinajstić information content (AvgIpc) is 2.49. The van der Waals surface area contributed by atoms with Crippen molar-refractivity contribution in [3.8, 4) is 5.75 Å². The summed E-state index contributed by atoms with van der Waals surface area (Å²) in [6.45, 7) is 0. The molecule has 104 valence electrons. The standard InChI is InChI=1S/C16H16ClNO2/c1-20-14-9-7-13(8-10-14)18-16(19)15(17)11-12-5-3-2-4-6-12/h2-10,15H,11H2,1H3,(H,18,19). The molecule has 1 amide bonds. The second kappa shape index (κ2) is 6.96. The molecule has 3 nitrogen and oxygen atoms in total. The second-order valence-electron chi connectivity index (χ2n) is 4.38. The number of carbonyl (C=O) groups is 1. The first kappa shape index (κ1) is 14.4. The average molecular weight is 290 g/mol. The van der Waals surface area contributed by atoms with Crippen molar-refractivity contribution >= 4 is 23.2 Å². The van der Waals surface area contributed by atoms with Crippen molar-refractivity contribution in [2.45, 2.75) is 11.8 Å². The first-order valence-corrected chi connectivity index (χ1v) is 6.75. The summed E-state index contributed by atoms with van der Waals surface area (Å²) in [6, 6.07) is 16.8. The lowest BCUT2D eigenvalue weighted by Gasteiger charge is -2.11. The van der Waals surface area contributed by atoms with Gasteiger partial charge in [-0.1, -0.05) is 30.3 Å². The number of rotatable bonds is 5. The monoisotopic (exact) mass is 289 g/mol. The lowest BCUT2D eigenvalue weighted by atomic mass is 10.1. The first-order valence-electron chi connectivity index (χ1n) is 6.32. The molecular weight excluding hydrogens is 274 g/mol. The largest absolute Gasteiger partial charge is 0.497 e. The SMILES string of the molecule is COc1ccc(NC(=O)C(Cl)Cc2ccccc2)cc1. The maximum absolute atomic E-state index is 12.0. The van der Waals surface area contributed by atoms with Crippen molar-refractivity contribution in [3.63, 3.8) is 0 Å². The Hall–Kier alpha value is -2.00. The highest BCUT2D eigenvalue weighted by Crippen LogP contribution is 2.16. The second-order valence-corrected chi connectivity index (χ2v) is 4.90. The van der Waals surface area contributed by atoms with Crippen molar-refractivity contribution in [2.24, 2.45) is 0 Å². The third-order valence-electron chi connectivity index (χ3n) is 2.90. The van der Waals surface area contributed by atoms with Crippen molar-refractivity contribution in [3.05, 3.63) is 60.2 Å². The Morgan fingerprint density at radius 2 is 1.80 bits per heavy atom. The third kappa shape index (κ3) is 4.00. The molecular formula is C16H16ClNO2. The minimum absolute atomic E-state index is 0.208. The number of carbonyl (C=O) groups excluding carboxylic acids is 1. The molecule has 2 aromatic carbocycles. The van der Waals surface area contributed by atoms with Gasteiger partial charge >= 0.3 is 0 Å². The van der Waals surface area contributed by atoms with Crippen LogP contribution in [-0.2, 0) is 11.2 Å². The molecule has 0 aromatic heterocycles. The number of hydrogen-bond donors (Lipinski definition) is 1. The number of anilines is 1. The van der Waals surface area contributed by atoms with E-state index in [1.807, 2.05) is 30.3 Å². The van der Waals surface area contributed by atoms with E-state index in [9.17, 15) is 4.79 Å². The summed E-state index contributed by atoms with van der Waals surface area (Å²) in [4.78, 5) is 12.0. The van der Waals surface area contributed by atoms with E-state index in [1.54, 1.807) is 31.4 Å². The van der Waals surface area contributed by atoms with Gasteiger partial charge in [0.15, 0.2) is 0 Å². The summed E-state index contributed by atoms with van der Waals surface area (Å²) in [5.74, 6) is 0.537. The molecule has 0 aliphatic carbocycles. The van der Waals surface area contributed by atoms with E-state index < -0.39 is 5.38 Å². The minimum atomic E-state index is -0.598. The summed E-state index contributed by atoms with van der Waals surface area (Å²) in [5.41, 5.74) is 1.74. The maximum atomic E-state index is 12.0. The Labute approximate surface area is 123 Å². The van der Waals surface area contributed by atoms with Crippen LogP contribution in [0.25, 0.3) is 0 Å². The van der Waals surface area contributed by atoms with E-state index in [4.69, 9.17) is 16.3 Å². The molecule has 0 aliphatic rings. The third-order valence-corrected chi connectivity index (χ3v) is 3.25. The molecule has 0 bridgehead atoms. The van der Waals surface area contributed by atoms with Gasteiger partial charge < -0.3 is 10.1 Å². The molecule has 0 spiro atoms. The number of methoxy groups -OCH3 is 1. The van der Waals surface area contributed by atoms with Crippen LogP contribution in [0.5, 0.6) is 5.75 Å². The van der Waals surface area contributed by atoms with Gasteiger partial charge in [-0.2, -0.15) is 0 Å². The fourth-order valence-corrected chi connectivity index (χ4v) is 2.04. The summed E-state index contributed by atoms with van der Waals surface area (Å²) in [5, 5.41) is 2.19. The highest BCUT2D eigenvalue weighted by molar-refractivity contribution is 6.32. The molecule has 1 N–H and O–H groups in total. The number of alkyl halides is 1. The van der Waals surface area contributed by atoms with Crippen LogP contribution in [0.4, 0.5) is 5.69 Å². The molecule has 2 aromatic rings. The summed E-state index contributed by atoms with van der Waals surface area (Å²) in [7, 11) is 1.60. The molecule has 0 aliphatic heterocycles. The van der Waals surface area contributed by atoms with Crippen LogP contribution in [0.3, 0.4) is 0 Å². The molecule has 1 atom stereocenters. The Bertz CT molecular complexity index is 554. The number of nitrogens with one attached hydrogen (secondary N) is 1. The van der Waals surface area contributed by atoms with E-state index in [-0.39, 0.29) is 5.91 Å². The van der Waals surface area contributed by atoms with Crippen LogP contribution >= 0.6 is 11.6 Å². The molecule has 1 unspecified atom stereocenters. The van der Waals surface area contributed by atoms with Gasteiger partial charge in [0.25, 0.3) is 0 Å². The van der Waals surface area contributed by atoms with Crippen LogP contribution < -0.4 is 10.1 Å². The molecule has 4 heteroatoms. The quantitative estimate of drug-likeness (QED) is 0.856. The zero-order valence-electron chi connectivity index (χ0n) is 11.2.